The molecule has 1 amide bonds. The quantitative estimate of drug-likeness (QED) is 0.393. The number of hydrogen-bond acceptors (Lipinski definition) is 1. The normalized spacial score (nSPS) is 49.0. The van der Waals surface area contributed by atoms with Crippen LogP contribution >= 0.6 is 0 Å². The fourth-order valence-electron chi connectivity index (χ4n) is 0.838. The highest BCUT2D eigenvalue weighted by Crippen LogP contribution is 2.38. The monoisotopic (exact) mass is 83.0 g/mol. The van der Waals surface area contributed by atoms with E-state index < -0.39 is 0 Å². The van der Waals surface area contributed by atoms with E-state index in [0.29, 0.717) is 12.0 Å². The molecule has 0 bridgehead atoms. The summed E-state index contributed by atoms with van der Waals surface area (Å²) in [5, 5.41) is 2.74. The van der Waals surface area contributed by atoms with Crippen molar-refractivity contribution in [2.24, 2.45) is 5.92 Å². The molecule has 0 aromatic carbocycles. The van der Waals surface area contributed by atoms with Gasteiger partial charge >= 0.3 is 0 Å². The molecule has 1 N–H and O–H groups in total. The van der Waals surface area contributed by atoms with Crippen LogP contribution in [0.4, 0.5) is 0 Å². The second kappa shape index (κ2) is 0.491. The van der Waals surface area contributed by atoms with Crippen LogP contribution in [-0.4, -0.2) is 11.9 Å². The van der Waals surface area contributed by atoms with Crippen LogP contribution in [0.3, 0.4) is 0 Å². The summed E-state index contributed by atoms with van der Waals surface area (Å²) in [6, 6.07) is 0.609. The van der Waals surface area contributed by atoms with Crippen LogP contribution in [0.5, 0.6) is 0 Å². The summed E-state index contributed by atoms with van der Waals surface area (Å²) < 4.78 is 0. The van der Waals surface area contributed by atoms with E-state index in [9.17, 15) is 4.79 Å². The number of fused-ring (bicyclic) bond motifs is 1. The number of rotatable bonds is 0. The summed E-state index contributed by atoms with van der Waals surface area (Å²) >= 11 is 0. The molecule has 2 aliphatic rings. The number of β-lactam (4-membered cyclic amide) rings is 1. The minimum atomic E-state index is 0.264. The Morgan fingerprint density at radius 2 is 2.67 bits per heavy atom. The first-order valence-electron chi connectivity index (χ1n) is 2.18. The topological polar surface area (TPSA) is 29.1 Å². The molecule has 2 fully saturated rings. The first-order valence-corrected chi connectivity index (χ1v) is 2.18. The van der Waals surface area contributed by atoms with Crippen molar-refractivity contribution in [2.45, 2.75) is 12.5 Å². The summed E-state index contributed by atoms with van der Waals surface area (Å²) in [6.07, 6.45) is 1.11. The summed E-state index contributed by atoms with van der Waals surface area (Å²) in [5.74, 6) is 0.713. The van der Waals surface area contributed by atoms with Gasteiger partial charge < -0.3 is 5.32 Å². The van der Waals surface area contributed by atoms with Crippen molar-refractivity contribution < 1.29 is 4.79 Å². The van der Waals surface area contributed by atoms with Crippen LogP contribution in [0.25, 0.3) is 0 Å². The Bertz CT molecular complexity index is 110. The SMILES string of the molecule is O=C1N[C@@H]2C[C@H]12. The second-order valence-electron chi connectivity index (χ2n) is 1.96. The molecule has 0 radical (unpaired) electrons. The minimum Gasteiger partial charge on any atom is -0.352 e. The number of carbonyl (C=O) groups excluding carboxylic acids is 1. The first-order chi connectivity index (χ1) is 2.88. The summed E-state index contributed by atoms with van der Waals surface area (Å²) in [4.78, 5) is 10.2. The maximum Gasteiger partial charge on any atom is 0.225 e. The van der Waals surface area contributed by atoms with Gasteiger partial charge in [0, 0.05) is 6.04 Å². The van der Waals surface area contributed by atoms with Crippen molar-refractivity contribution in [1.82, 2.24) is 5.32 Å². The van der Waals surface area contributed by atoms with Gasteiger partial charge in [0.25, 0.3) is 0 Å². The third-order valence-electron chi connectivity index (χ3n) is 1.45. The van der Waals surface area contributed by atoms with E-state index >= 15 is 0 Å². The highest BCUT2D eigenvalue weighted by atomic mass is 16.2. The molecule has 0 spiro atoms. The number of hydrogen-bond donors (Lipinski definition) is 1. The molecule has 2 nitrogen and oxygen atoms in total. The molecule has 1 heterocycles. The van der Waals surface area contributed by atoms with Gasteiger partial charge in [-0.25, -0.2) is 0 Å². The summed E-state index contributed by atoms with van der Waals surface area (Å²) in [6.45, 7) is 0. The van der Waals surface area contributed by atoms with E-state index in [1.807, 2.05) is 0 Å². The smallest absolute Gasteiger partial charge is 0.225 e. The van der Waals surface area contributed by atoms with E-state index in [4.69, 9.17) is 0 Å². The van der Waals surface area contributed by atoms with Crippen molar-refractivity contribution in [1.29, 1.82) is 0 Å². The van der Waals surface area contributed by atoms with Crippen molar-refractivity contribution in [2.75, 3.05) is 0 Å². The minimum absolute atomic E-state index is 0.264. The van der Waals surface area contributed by atoms with Crippen LogP contribution < -0.4 is 5.32 Å². The second-order valence-corrected chi connectivity index (χ2v) is 1.96. The highest BCUT2D eigenvalue weighted by Gasteiger charge is 2.53. The summed E-state index contributed by atoms with van der Waals surface area (Å²) in [7, 11) is 0. The third kappa shape index (κ3) is 0.117. The van der Waals surface area contributed by atoms with Crippen molar-refractivity contribution in [3.8, 4) is 0 Å². The van der Waals surface area contributed by atoms with Gasteiger partial charge in [-0.05, 0) is 6.42 Å². The Kier molecular flexibility index (Phi) is 0.214. The molecule has 1 aliphatic heterocycles. The van der Waals surface area contributed by atoms with Gasteiger partial charge in [-0.15, -0.1) is 0 Å². The van der Waals surface area contributed by atoms with Crippen LogP contribution in [-0.2, 0) is 4.79 Å². The molecule has 1 saturated carbocycles. The average Bonchev–Trinajstić information content (AvgIpc) is 2.12. The van der Waals surface area contributed by atoms with Crippen molar-refractivity contribution >= 4 is 5.91 Å². The Morgan fingerprint density at radius 1 is 1.83 bits per heavy atom. The largest absolute Gasteiger partial charge is 0.352 e. The molecular weight excluding hydrogens is 78.0 g/mol. The molecular formula is C4H5NO. The standard InChI is InChI=1S/C4H5NO/c6-4-2-1-3(2)5-4/h2-3H,1H2,(H,5,6)/t2-,3+/m0/s1. The van der Waals surface area contributed by atoms with Crippen LogP contribution in [0.1, 0.15) is 6.42 Å². The van der Waals surface area contributed by atoms with E-state index in [-0.39, 0.29) is 5.91 Å². The molecule has 0 aromatic heterocycles. The van der Waals surface area contributed by atoms with E-state index in [0.717, 1.165) is 6.42 Å². The third-order valence-corrected chi connectivity index (χ3v) is 1.45. The lowest BCUT2D eigenvalue weighted by atomic mass is 10.3. The molecule has 1 aliphatic carbocycles. The lowest BCUT2D eigenvalue weighted by molar-refractivity contribution is -0.126. The molecule has 2 atom stereocenters. The fraction of sp³-hybridized carbons (Fsp3) is 0.750. The van der Waals surface area contributed by atoms with Crippen LogP contribution in [0.15, 0.2) is 0 Å². The molecule has 6 heavy (non-hydrogen) atoms. The zero-order valence-electron chi connectivity index (χ0n) is 3.27. The van der Waals surface area contributed by atoms with E-state index in [1.54, 1.807) is 0 Å². The Hall–Kier alpha value is -0.530. The molecule has 32 valence electrons. The fourth-order valence-corrected chi connectivity index (χ4v) is 0.838. The van der Waals surface area contributed by atoms with Gasteiger partial charge in [-0.3, -0.25) is 4.79 Å². The van der Waals surface area contributed by atoms with Gasteiger partial charge in [0.2, 0.25) is 5.91 Å². The number of nitrogens with one attached hydrogen (secondary N) is 1. The van der Waals surface area contributed by atoms with E-state index in [1.165, 1.54) is 0 Å². The average molecular weight is 83.1 g/mol. The van der Waals surface area contributed by atoms with Gasteiger partial charge in [0.1, 0.15) is 0 Å². The highest BCUT2D eigenvalue weighted by molar-refractivity contribution is 5.90. The molecule has 0 aromatic rings. The zero-order valence-corrected chi connectivity index (χ0v) is 3.27. The van der Waals surface area contributed by atoms with Gasteiger partial charge in [0.05, 0.1) is 5.92 Å². The zero-order chi connectivity index (χ0) is 4.15. The molecule has 2 heteroatoms. The maximum atomic E-state index is 10.2. The van der Waals surface area contributed by atoms with E-state index in [2.05, 4.69) is 5.32 Å². The van der Waals surface area contributed by atoms with Crippen molar-refractivity contribution in [3.05, 3.63) is 0 Å². The lowest BCUT2D eigenvalue weighted by Gasteiger charge is -2.09. The van der Waals surface area contributed by atoms with Gasteiger partial charge in [-0.1, -0.05) is 0 Å². The molecule has 0 unspecified atom stereocenters. The molecule has 1 saturated heterocycles. The predicted molar refractivity (Wildman–Crippen MR) is 20.0 cm³/mol. The predicted octanol–water partition coefficient (Wildman–Crippen LogP) is -0.495. The Morgan fingerprint density at radius 3 is 2.67 bits per heavy atom. The lowest BCUT2D eigenvalue weighted by Crippen LogP contribution is -2.39. The van der Waals surface area contributed by atoms with Crippen LogP contribution in [0, 0.1) is 5.92 Å². The van der Waals surface area contributed by atoms with Gasteiger partial charge in [-0.2, -0.15) is 0 Å². The summed E-state index contributed by atoms with van der Waals surface area (Å²) in [5.41, 5.74) is 0. The Balaban J connectivity index is 2.26. The molecule has 2 rings (SSSR count). The first kappa shape index (κ1) is 2.61. The number of amides is 1. The van der Waals surface area contributed by atoms with Gasteiger partial charge in [0.15, 0.2) is 0 Å². The Labute approximate surface area is 35.5 Å². The van der Waals surface area contributed by atoms with Crippen molar-refractivity contribution in [3.63, 3.8) is 0 Å². The number of carbonyl (C=O) groups is 1. The maximum absolute atomic E-state index is 10.2. The van der Waals surface area contributed by atoms with Crippen LogP contribution in [0.2, 0.25) is 0 Å².